The maximum atomic E-state index is 12.9. The fourth-order valence-electron chi connectivity index (χ4n) is 3.86. The van der Waals surface area contributed by atoms with Crippen molar-refractivity contribution in [3.63, 3.8) is 0 Å². The lowest BCUT2D eigenvalue weighted by molar-refractivity contribution is -0.154. The third-order valence-electron chi connectivity index (χ3n) is 5.21. The molecule has 130 valence electrons. The van der Waals surface area contributed by atoms with Gasteiger partial charge in [0.2, 0.25) is 11.8 Å². The molecule has 1 aliphatic heterocycles. The van der Waals surface area contributed by atoms with E-state index in [-0.39, 0.29) is 18.4 Å². The minimum atomic E-state index is -0.392. The fourth-order valence-corrected chi connectivity index (χ4v) is 3.86. The van der Waals surface area contributed by atoms with Crippen molar-refractivity contribution in [1.29, 1.82) is 0 Å². The van der Waals surface area contributed by atoms with Crippen LogP contribution in [0, 0.1) is 19.3 Å². The third-order valence-corrected chi connectivity index (χ3v) is 5.21. The molecule has 1 aromatic carbocycles. The van der Waals surface area contributed by atoms with E-state index in [0.29, 0.717) is 19.7 Å². The molecule has 0 spiro atoms. The Morgan fingerprint density at radius 1 is 1.17 bits per heavy atom. The van der Waals surface area contributed by atoms with Gasteiger partial charge in [-0.1, -0.05) is 12.5 Å². The fraction of sp³-hybridized carbons (Fsp3) is 0.579. The minimum absolute atomic E-state index is 0.00788. The van der Waals surface area contributed by atoms with E-state index in [1.54, 1.807) is 16.9 Å². The zero-order chi connectivity index (χ0) is 17.3. The largest absolute Gasteiger partial charge is 0.384 e. The topological polar surface area (TPSA) is 49.9 Å². The van der Waals surface area contributed by atoms with Crippen LogP contribution in [0.25, 0.3) is 0 Å². The van der Waals surface area contributed by atoms with Crippen LogP contribution in [0.3, 0.4) is 0 Å². The molecule has 2 aliphatic rings. The molecule has 5 nitrogen and oxygen atoms in total. The molecule has 1 saturated heterocycles. The molecule has 5 heteroatoms. The highest BCUT2D eigenvalue weighted by Gasteiger charge is 2.47. The number of hydrogen-bond donors (Lipinski definition) is 0. The molecule has 2 fully saturated rings. The summed E-state index contributed by atoms with van der Waals surface area (Å²) < 4.78 is 5.26. The van der Waals surface area contributed by atoms with Crippen LogP contribution in [0.5, 0.6) is 0 Å². The summed E-state index contributed by atoms with van der Waals surface area (Å²) in [5, 5.41) is 0. The summed E-state index contributed by atoms with van der Waals surface area (Å²) >= 11 is 0. The highest BCUT2D eigenvalue weighted by molar-refractivity contribution is 5.99. The van der Waals surface area contributed by atoms with Gasteiger partial charge in [-0.3, -0.25) is 9.59 Å². The van der Waals surface area contributed by atoms with E-state index in [9.17, 15) is 9.59 Å². The molecule has 0 atom stereocenters. The lowest BCUT2D eigenvalue weighted by Gasteiger charge is -2.45. The van der Waals surface area contributed by atoms with E-state index >= 15 is 0 Å². The van der Waals surface area contributed by atoms with E-state index in [4.69, 9.17) is 4.74 Å². The molecule has 0 N–H and O–H groups in total. The monoisotopic (exact) mass is 330 g/mol. The Bertz CT molecular complexity index is 632. The Labute approximate surface area is 143 Å². The number of rotatable bonds is 4. The zero-order valence-corrected chi connectivity index (χ0v) is 14.8. The minimum Gasteiger partial charge on any atom is -0.384 e. The Balaban J connectivity index is 1.71. The first-order valence-electron chi connectivity index (χ1n) is 8.62. The molecule has 0 unspecified atom stereocenters. The third kappa shape index (κ3) is 3.05. The van der Waals surface area contributed by atoms with Crippen molar-refractivity contribution in [2.45, 2.75) is 33.1 Å². The highest BCUT2D eigenvalue weighted by Crippen LogP contribution is 2.43. The number of piperazine rings is 1. The van der Waals surface area contributed by atoms with Gasteiger partial charge >= 0.3 is 0 Å². The molecule has 1 aliphatic carbocycles. The van der Waals surface area contributed by atoms with Gasteiger partial charge in [0.15, 0.2) is 0 Å². The van der Waals surface area contributed by atoms with Gasteiger partial charge in [0.05, 0.1) is 12.0 Å². The van der Waals surface area contributed by atoms with Gasteiger partial charge in [-0.2, -0.15) is 0 Å². The lowest BCUT2D eigenvalue weighted by atomic mass is 9.68. The van der Waals surface area contributed by atoms with Crippen molar-refractivity contribution < 1.29 is 14.3 Å². The normalized spacial score (nSPS) is 20.0. The van der Waals surface area contributed by atoms with Crippen molar-refractivity contribution >= 4 is 17.5 Å². The second kappa shape index (κ2) is 6.55. The summed E-state index contributed by atoms with van der Waals surface area (Å²) in [5.41, 5.74) is 2.83. The highest BCUT2D eigenvalue weighted by atomic mass is 16.5. The predicted molar refractivity (Wildman–Crippen MR) is 93.0 cm³/mol. The molecule has 2 amide bonds. The van der Waals surface area contributed by atoms with E-state index < -0.39 is 5.41 Å². The van der Waals surface area contributed by atoms with Gasteiger partial charge in [0.1, 0.15) is 6.54 Å². The van der Waals surface area contributed by atoms with Crippen LogP contribution in [0.4, 0.5) is 5.69 Å². The van der Waals surface area contributed by atoms with Gasteiger partial charge < -0.3 is 14.5 Å². The number of carbonyl (C=O) groups excluding carboxylic acids is 2. The summed E-state index contributed by atoms with van der Waals surface area (Å²) in [7, 11) is 1.64. The smallest absolute Gasteiger partial charge is 0.246 e. The number of anilines is 1. The standard InChI is InChI=1S/C19H26N2O3/c1-14-9-15(2)11-16(10-14)21-8-7-20(12-17(21)22)18(23)19(13-24-3)5-4-6-19/h9-11H,4-8,12-13H2,1-3H3. The first-order valence-corrected chi connectivity index (χ1v) is 8.62. The number of aryl methyl sites for hydroxylation is 2. The van der Waals surface area contributed by atoms with Crippen LogP contribution >= 0.6 is 0 Å². The summed E-state index contributed by atoms with van der Waals surface area (Å²) in [6, 6.07) is 6.15. The van der Waals surface area contributed by atoms with Gasteiger partial charge in [0, 0.05) is 25.9 Å². The summed E-state index contributed by atoms with van der Waals surface area (Å²) in [6.45, 7) is 5.83. The SMILES string of the molecule is COCC1(C(=O)N2CCN(c3cc(C)cc(C)c3)C(=O)C2)CCC1. The number of amides is 2. The van der Waals surface area contributed by atoms with Crippen LogP contribution in [0.15, 0.2) is 18.2 Å². The Hall–Kier alpha value is -1.88. The maximum absolute atomic E-state index is 12.9. The van der Waals surface area contributed by atoms with Crippen molar-refractivity contribution in [1.82, 2.24) is 4.90 Å². The van der Waals surface area contributed by atoms with Crippen molar-refractivity contribution in [3.8, 4) is 0 Å². The zero-order valence-electron chi connectivity index (χ0n) is 14.8. The van der Waals surface area contributed by atoms with Crippen molar-refractivity contribution in [2.24, 2.45) is 5.41 Å². The molecule has 1 heterocycles. The lowest BCUT2D eigenvalue weighted by Crippen LogP contribution is -2.58. The van der Waals surface area contributed by atoms with Gasteiger partial charge in [0.25, 0.3) is 0 Å². The number of nitrogens with zero attached hydrogens (tertiary/aromatic N) is 2. The maximum Gasteiger partial charge on any atom is 0.246 e. The van der Waals surface area contributed by atoms with E-state index in [2.05, 4.69) is 6.07 Å². The number of methoxy groups -OCH3 is 1. The van der Waals surface area contributed by atoms with Crippen molar-refractivity contribution in [2.75, 3.05) is 38.3 Å². The number of carbonyl (C=O) groups is 2. The van der Waals surface area contributed by atoms with Gasteiger partial charge in [-0.25, -0.2) is 0 Å². The van der Waals surface area contributed by atoms with Gasteiger partial charge in [-0.15, -0.1) is 0 Å². The van der Waals surface area contributed by atoms with Gasteiger partial charge in [-0.05, 0) is 49.9 Å². The molecule has 0 bridgehead atoms. The molecule has 24 heavy (non-hydrogen) atoms. The number of benzene rings is 1. The van der Waals surface area contributed by atoms with Crippen LogP contribution in [0.2, 0.25) is 0 Å². The molecular formula is C19H26N2O3. The molecular weight excluding hydrogens is 304 g/mol. The van der Waals surface area contributed by atoms with E-state index in [1.807, 2.05) is 26.0 Å². The van der Waals surface area contributed by atoms with E-state index in [1.165, 1.54) is 0 Å². The number of hydrogen-bond acceptors (Lipinski definition) is 3. The molecule has 0 aromatic heterocycles. The second-order valence-corrected chi connectivity index (χ2v) is 7.18. The van der Waals surface area contributed by atoms with Crippen LogP contribution in [-0.4, -0.2) is 50.1 Å². The molecule has 1 saturated carbocycles. The van der Waals surface area contributed by atoms with E-state index in [0.717, 1.165) is 36.1 Å². The van der Waals surface area contributed by atoms with Crippen LogP contribution < -0.4 is 4.90 Å². The van der Waals surface area contributed by atoms with Crippen molar-refractivity contribution in [3.05, 3.63) is 29.3 Å². The quantitative estimate of drug-likeness (QED) is 0.851. The number of ether oxygens (including phenoxy) is 1. The summed E-state index contributed by atoms with van der Waals surface area (Å²) in [6.07, 6.45) is 2.79. The predicted octanol–water partition coefficient (Wildman–Crippen LogP) is 2.30. The average molecular weight is 330 g/mol. The first-order chi connectivity index (χ1) is 11.4. The molecule has 1 aromatic rings. The molecule has 3 rings (SSSR count). The summed E-state index contributed by atoms with van der Waals surface area (Å²) in [4.78, 5) is 29.0. The second-order valence-electron chi connectivity index (χ2n) is 7.18. The Morgan fingerprint density at radius 3 is 2.33 bits per heavy atom. The van der Waals surface area contributed by atoms with Crippen LogP contribution in [-0.2, 0) is 14.3 Å². The Kier molecular flexibility index (Phi) is 4.63. The summed E-state index contributed by atoms with van der Waals surface area (Å²) in [5.74, 6) is 0.0792. The van der Waals surface area contributed by atoms with Crippen LogP contribution in [0.1, 0.15) is 30.4 Å². The Morgan fingerprint density at radius 2 is 1.83 bits per heavy atom. The average Bonchev–Trinajstić information content (AvgIpc) is 2.49. The first kappa shape index (κ1) is 17.0. The molecule has 0 radical (unpaired) electrons.